The average molecular weight is 453 g/mol. The summed E-state index contributed by atoms with van der Waals surface area (Å²) in [6.07, 6.45) is 1.45. The lowest BCUT2D eigenvalue weighted by Gasteiger charge is -2.10. The lowest BCUT2D eigenvalue weighted by molar-refractivity contribution is -0.115. The molecule has 8 nitrogen and oxygen atoms in total. The second-order valence-corrected chi connectivity index (χ2v) is 8.75. The first-order valence-corrected chi connectivity index (χ1v) is 10.6. The number of thioether (sulfide) groups is 1. The van der Waals surface area contributed by atoms with Crippen LogP contribution in [0.15, 0.2) is 52.3 Å². The van der Waals surface area contributed by atoms with Crippen LogP contribution in [-0.2, 0) is 19.7 Å². The maximum Gasteiger partial charge on any atom is 0.339 e. The normalized spacial score (nSPS) is 15.3. The SMILES string of the molecule is CC(=O)Nc1ccc(S(=O)(=O)Oc2ccc(/C=C3\SC(=O)NC3=O)cc2Cl)cc1. The van der Waals surface area contributed by atoms with E-state index in [4.69, 9.17) is 15.8 Å². The third-order valence-corrected chi connectivity index (χ3v) is 5.91. The fourth-order valence-electron chi connectivity index (χ4n) is 2.32. The number of benzene rings is 2. The molecule has 0 saturated carbocycles. The first-order chi connectivity index (χ1) is 13.6. The fraction of sp³-hybridized carbons (Fsp3) is 0.0556. The average Bonchev–Trinajstić information content (AvgIpc) is 2.94. The van der Waals surface area contributed by atoms with Crippen LogP contribution < -0.4 is 14.8 Å². The molecule has 1 aliphatic heterocycles. The van der Waals surface area contributed by atoms with Crippen molar-refractivity contribution in [2.45, 2.75) is 11.8 Å². The lowest BCUT2D eigenvalue weighted by Crippen LogP contribution is -2.17. The highest BCUT2D eigenvalue weighted by Crippen LogP contribution is 2.31. The molecule has 0 aromatic heterocycles. The van der Waals surface area contributed by atoms with Gasteiger partial charge in [0.15, 0.2) is 5.75 Å². The molecule has 2 aromatic carbocycles. The van der Waals surface area contributed by atoms with Crippen LogP contribution in [0, 0.1) is 0 Å². The Labute approximate surface area is 175 Å². The third kappa shape index (κ3) is 5.17. The fourth-order valence-corrected chi connectivity index (χ4v) is 4.22. The van der Waals surface area contributed by atoms with Crippen LogP contribution in [0.25, 0.3) is 6.08 Å². The zero-order valence-electron chi connectivity index (χ0n) is 14.8. The van der Waals surface area contributed by atoms with Crippen molar-refractivity contribution in [1.29, 1.82) is 0 Å². The topological polar surface area (TPSA) is 119 Å². The summed E-state index contributed by atoms with van der Waals surface area (Å²) in [5.74, 6) is -0.891. The van der Waals surface area contributed by atoms with Crippen molar-refractivity contribution in [1.82, 2.24) is 5.32 Å². The van der Waals surface area contributed by atoms with Gasteiger partial charge < -0.3 is 9.50 Å². The molecule has 0 radical (unpaired) electrons. The van der Waals surface area contributed by atoms with Gasteiger partial charge >= 0.3 is 10.1 Å². The Hall–Kier alpha value is -2.82. The molecule has 3 rings (SSSR count). The number of rotatable bonds is 5. The molecule has 0 unspecified atom stereocenters. The van der Waals surface area contributed by atoms with Crippen LogP contribution >= 0.6 is 23.4 Å². The van der Waals surface area contributed by atoms with E-state index in [1.165, 1.54) is 55.5 Å². The van der Waals surface area contributed by atoms with E-state index in [0.717, 1.165) is 11.8 Å². The van der Waals surface area contributed by atoms with Gasteiger partial charge in [-0.25, -0.2) is 0 Å². The second-order valence-electron chi connectivity index (χ2n) is 5.79. The molecule has 1 saturated heterocycles. The first-order valence-electron chi connectivity index (χ1n) is 8.00. The number of carbonyl (C=O) groups is 3. The largest absolute Gasteiger partial charge is 0.377 e. The van der Waals surface area contributed by atoms with E-state index >= 15 is 0 Å². The van der Waals surface area contributed by atoms with E-state index in [2.05, 4.69) is 10.6 Å². The molecule has 11 heteroatoms. The van der Waals surface area contributed by atoms with Gasteiger partial charge in [0.2, 0.25) is 5.91 Å². The minimum absolute atomic E-state index is 0.00697. The maximum atomic E-state index is 12.5. The van der Waals surface area contributed by atoms with E-state index in [1.54, 1.807) is 0 Å². The highest BCUT2D eigenvalue weighted by atomic mass is 35.5. The standard InChI is InChI=1S/C18H13ClN2O6S2/c1-10(22)20-12-3-5-13(6-4-12)29(25,26)27-15-7-2-11(8-14(15)19)9-16-17(23)21-18(24)28-16/h2-9H,1H3,(H,20,22)(H,21,23,24)/b16-9-. The number of hydrogen-bond donors (Lipinski definition) is 2. The Morgan fingerprint density at radius 2 is 1.86 bits per heavy atom. The van der Waals surface area contributed by atoms with Gasteiger partial charge in [-0.1, -0.05) is 17.7 Å². The van der Waals surface area contributed by atoms with E-state index < -0.39 is 21.3 Å². The number of amides is 3. The molecule has 0 bridgehead atoms. The van der Waals surface area contributed by atoms with Gasteiger partial charge in [-0.05, 0) is 59.8 Å². The van der Waals surface area contributed by atoms with Crippen LogP contribution in [0.3, 0.4) is 0 Å². The number of nitrogens with one attached hydrogen (secondary N) is 2. The molecule has 2 aromatic rings. The van der Waals surface area contributed by atoms with Crippen molar-refractivity contribution in [3.8, 4) is 5.75 Å². The van der Waals surface area contributed by atoms with Gasteiger partial charge in [-0.3, -0.25) is 19.7 Å². The van der Waals surface area contributed by atoms with Gasteiger partial charge in [0.05, 0.1) is 9.93 Å². The molecule has 1 fully saturated rings. The molecule has 0 atom stereocenters. The molecular weight excluding hydrogens is 440 g/mol. The summed E-state index contributed by atoms with van der Waals surface area (Å²) < 4.78 is 30.0. The van der Waals surface area contributed by atoms with Gasteiger partial charge in [0.25, 0.3) is 11.1 Å². The Bertz CT molecular complexity index is 1140. The summed E-state index contributed by atoms with van der Waals surface area (Å²) in [7, 11) is -4.16. The molecule has 29 heavy (non-hydrogen) atoms. The van der Waals surface area contributed by atoms with Gasteiger partial charge in [0, 0.05) is 12.6 Å². The number of halogens is 1. The Morgan fingerprint density at radius 1 is 1.17 bits per heavy atom. The van der Waals surface area contributed by atoms with E-state index in [1.807, 2.05) is 0 Å². The summed E-state index contributed by atoms with van der Waals surface area (Å²) in [5, 5.41) is 4.20. The Balaban J connectivity index is 1.79. The zero-order valence-corrected chi connectivity index (χ0v) is 17.2. The summed E-state index contributed by atoms with van der Waals surface area (Å²) in [5.41, 5.74) is 0.936. The molecule has 0 spiro atoms. The summed E-state index contributed by atoms with van der Waals surface area (Å²) in [4.78, 5) is 33.9. The quantitative estimate of drug-likeness (QED) is 0.527. The zero-order chi connectivity index (χ0) is 21.2. The lowest BCUT2D eigenvalue weighted by atomic mass is 10.2. The summed E-state index contributed by atoms with van der Waals surface area (Å²) in [6.45, 7) is 1.34. The summed E-state index contributed by atoms with van der Waals surface area (Å²) in [6, 6.07) is 9.70. The van der Waals surface area contributed by atoms with Crippen molar-refractivity contribution < 1.29 is 27.0 Å². The van der Waals surface area contributed by atoms with E-state index in [9.17, 15) is 22.8 Å². The van der Waals surface area contributed by atoms with Crippen molar-refractivity contribution in [2.75, 3.05) is 5.32 Å². The van der Waals surface area contributed by atoms with Crippen LogP contribution in [0.1, 0.15) is 12.5 Å². The van der Waals surface area contributed by atoms with Gasteiger partial charge in [-0.15, -0.1) is 0 Å². The molecule has 1 aliphatic rings. The van der Waals surface area contributed by atoms with Crippen molar-refractivity contribution >= 4 is 62.3 Å². The molecular formula is C18H13ClN2O6S2. The smallest absolute Gasteiger partial charge is 0.339 e. The number of anilines is 1. The second kappa shape index (κ2) is 8.27. The van der Waals surface area contributed by atoms with Crippen LogP contribution in [0.5, 0.6) is 5.75 Å². The predicted octanol–water partition coefficient (Wildman–Crippen LogP) is 3.39. The molecule has 3 amide bonds. The van der Waals surface area contributed by atoms with E-state index in [0.29, 0.717) is 11.3 Å². The number of imide groups is 1. The van der Waals surface area contributed by atoms with Crippen molar-refractivity contribution in [2.24, 2.45) is 0 Å². The Kier molecular flexibility index (Phi) is 5.96. The van der Waals surface area contributed by atoms with Crippen LogP contribution in [-0.4, -0.2) is 25.5 Å². The highest BCUT2D eigenvalue weighted by Gasteiger charge is 2.25. The van der Waals surface area contributed by atoms with Gasteiger partial charge in [0.1, 0.15) is 4.90 Å². The molecule has 0 aliphatic carbocycles. The maximum absolute atomic E-state index is 12.5. The van der Waals surface area contributed by atoms with E-state index in [-0.39, 0.29) is 26.5 Å². The van der Waals surface area contributed by atoms with Crippen LogP contribution in [0.4, 0.5) is 10.5 Å². The van der Waals surface area contributed by atoms with Crippen LogP contribution in [0.2, 0.25) is 5.02 Å². The predicted molar refractivity (Wildman–Crippen MR) is 109 cm³/mol. The minimum atomic E-state index is -4.16. The molecule has 150 valence electrons. The Morgan fingerprint density at radius 3 is 2.41 bits per heavy atom. The highest BCUT2D eigenvalue weighted by molar-refractivity contribution is 8.18. The van der Waals surface area contributed by atoms with Gasteiger partial charge in [-0.2, -0.15) is 8.42 Å². The number of hydrogen-bond acceptors (Lipinski definition) is 7. The summed E-state index contributed by atoms with van der Waals surface area (Å²) >= 11 is 6.87. The molecule has 1 heterocycles. The monoisotopic (exact) mass is 452 g/mol. The molecule has 2 N–H and O–H groups in total. The van der Waals surface area contributed by atoms with Crippen molar-refractivity contribution in [3.05, 3.63) is 58.0 Å². The number of carbonyl (C=O) groups excluding carboxylic acids is 3. The first kappa shape index (κ1) is 20.9. The third-order valence-electron chi connectivity index (χ3n) is 3.56. The minimum Gasteiger partial charge on any atom is -0.377 e. The van der Waals surface area contributed by atoms with Crippen molar-refractivity contribution in [3.63, 3.8) is 0 Å².